The zero-order chi connectivity index (χ0) is 16.9. The van der Waals surface area contributed by atoms with E-state index < -0.39 is 35.0 Å². The van der Waals surface area contributed by atoms with E-state index in [-0.39, 0.29) is 5.92 Å². The van der Waals surface area contributed by atoms with Crippen molar-refractivity contribution in [2.24, 2.45) is 11.3 Å². The molecule has 0 aromatic rings. The molecule has 122 valence electrons. The summed E-state index contributed by atoms with van der Waals surface area (Å²) in [5.41, 5.74) is -1.31. The molecule has 2 N–H and O–H groups in total. The lowest BCUT2D eigenvalue weighted by Gasteiger charge is -2.57. The first-order valence-electron chi connectivity index (χ1n) is 7.49. The molecular weight excluding hydrogens is 284 g/mol. The second-order valence-electron chi connectivity index (χ2n) is 6.86. The fourth-order valence-electron chi connectivity index (χ4n) is 3.85. The number of fused-ring (bicyclic) bond motifs is 1. The number of esters is 1. The summed E-state index contributed by atoms with van der Waals surface area (Å²) in [5.74, 6) is -1.06. The summed E-state index contributed by atoms with van der Waals surface area (Å²) in [5, 5.41) is 22.0. The zero-order valence-electron chi connectivity index (χ0n) is 13.5. The number of allylic oxidation sites excluding steroid dienone is 1. The van der Waals surface area contributed by atoms with Crippen LogP contribution in [0.2, 0.25) is 0 Å². The highest BCUT2D eigenvalue weighted by atomic mass is 16.5. The molecule has 0 aromatic carbocycles. The summed E-state index contributed by atoms with van der Waals surface area (Å²) >= 11 is 0. The van der Waals surface area contributed by atoms with Crippen LogP contribution >= 0.6 is 0 Å². The Morgan fingerprint density at radius 2 is 2.05 bits per heavy atom. The molecule has 1 saturated carbocycles. The number of aliphatic hydroxyl groups is 2. The maximum Gasteiger partial charge on any atom is 0.303 e. The van der Waals surface area contributed by atoms with Crippen molar-refractivity contribution in [3.8, 4) is 0 Å². The number of hydrogen-bond acceptors (Lipinski definition) is 5. The van der Waals surface area contributed by atoms with Crippen LogP contribution in [0.3, 0.4) is 0 Å². The predicted molar refractivity (Wildman–Crippen MR) is 80.9 cm³/mol. The van der Waals surface area contributed by atoms with Crippen molar-refractivity contribution < 1.29 is 24.5 Å². The van der Waals surface area contributed by atoms with E-state index in [0.717, 1.165) is 5.57 Å². The van der Waals surface area contributed by atoms with Gasteiger partial charge in [0.05, 0.1) is 17.1 Å². The summed E-state index contributed by atoms with van der Waals surface area (Å²) in [4.78, 5) is 23.7. The third kappa shape index (κ3) is 2.23. The molecule has 5 nitrogen and oxygen atoms in total. The molecule has 0 spiro atoms. The lowest BCUT2D eigenvalue weighted by atomic mass is 9.52. The number of hydrogen-bond donors (Lipinski definition) is 2. The van der Waals surface area contributed by atoms with Crippen LogP contribution in [0.25, 0.3) is 0 Å². The van der Waals surface area contributed by atoms with Gasteiger partial charge in [-0.3, -0.25) is 9.59 Å². The highest BCUT2D eigenvalue weighted by molar-refractivity contribution is 5.98. The van der Waals surface area contributed by atoms with E-state index in [1.165, 1.54) is 13.0 Å². The van der Waals surface area contributed by atoms with Gasteiger partial charge in [0.15, 0.2) is 11.9 Å². The van der Waals surface area contributed by atoms with Gasteiger partial charge in [0, 0.05) is 6.92 Å². The van der Waals surface area contributed by atoms with E-state index in [1.807, 2.05) is 6.92 Å². The maximum absolute atomic E-state index is 12.3. The maximum atomic E-state index is 12.3. The number of ketones is 1. The second-order valence-corrected chi connectivity index (χ2v) is 6.86. The number of carbonyl (C=O) groups is 2. The molecule has 0 saturated heterocycles. The van der Waals surface area contributed by atoms with E-state index >= 15 is 0 Å². The first-order valence-corrected chi connectivity index (χ1v) is 7.49. The Kier molecular flexibility index (Phi) is 4.09. The van der Waals surface area contributed by atoms with Crippen molar-refractivity contribution in [2.45, 2.75) is 58.3 Å². The van der Waals surface area contributed by atoms with Crippen molar-refractivity contribution in [2.75, 3.05) is 0 Å². The van der Waals surface area contributed by atoms with Crippen LogP contribution in [0.4, 0.5) is 0 Å². The van der Waals surface area contributed by atoms with Crippen molar-refractivity contribution in [1.29, 1.82) is 0 Å². The molecule has 5 heteroatoms. The first kappa shape index (κ1) is 16.9. The Labute approximate surface area is 130 Å². The molecule has 0 unspecified atom stereocenters. The van der Waals surface area contributed by atoms with Crippen molar-refractivity contribution in [3.63, 3.8) is 0 Å². The Hall–Kier alpha value is -1.46. The van der Waals surface area contributed by atoms with Gasteiger partial charge < -0.3 is 14.9 Å². The molecule has 5 atom stereocenters. The van der Waals surface area contributed by atoms with Crippen LogP contribution in [-0.2, 0) is 14.3 Å². The molecule has 0 radical (unpaired) electrons. The van der Waals surface area contributed by atoms with Gasteiger partial charge in [-0.25, -0.2) is 0 Å². The Morgan fingerprint density at radius 1 is 1.45 bits per heavy atom. The van der Waals surface area contributed by atoms with Crippen molar-refractivity contribution in [3.05, 3.63) is 23.8 Å². The normalized spacial score (nSPS) is 41.5. The topological polar surface area (TPSA) is 83.8 Å². The minimum absolute atomic E-state index is 0.0531. The molecule has 0 aliphatic heterocycles. The van der Waals surface area contributed by atoms with Gasteiger partial charge in [-0.05, 0) is 51.2 Å². The van der Waals surface area contributed by atoms with E-state index in [0.29, 0.717) is 18.4 Å². The molecule has 2 aliphatic carbocycles. The van der Waals surface area contributed by atoms with Crippen LogP contribution in [0.15, 0.2) is 23.8 Å². The van der Waals surface area contributed by atoms with E-state index in [4.69, 9.17) is 4.74 Å². The molecule has 0 amide bonds. The monoisotopic (exact) mass is 308 g/mol. The molecule has 22 heavy (non-hydrogen) atoms. The van der Waals surface area contributed by atoms with Crippen LogP contribution in [0, 0.1) is 11.3 Å². The number of aliphatic hydroxyl groups excluding tert-OH is 1. The number of carbonyl (C=O) groups excluding carboxylic acids is 2. The first-order chi connectivity index (χ1) is 10.0. The quantitative estimate of drug-likeness (QED) is 0.597. The smallest absolute Gasteiger partial charge is 0.303 e. The standard InChI is InChI=1S/C17H24O5/c1-9(2)12-7-14(20)16(5)15(22-11(4)18)13(19)6-10(3)17(16,21)8-12/h6,12,14-15,20-21H,1,7-8H2,2-5H3/t12-,14-,15+,16-,17+/m1/s1. The highest BCUT2D eigenvalue weighted by Gasteiger charge is 2.65. The molecule has 0 bridgehead atoms. The van der Waals surface area contributed by atoms with E-state index in [2.05, 4.69) is 6.58 Å². The largest absolute Gasteiger partial charge is 0.453 e. The molecule has 0 heterocycles. The zero-order valence-corrected chi connectivity index (χ0v) is 13.5. The predicted octanol–water partition coefficient (Wildman–Crippen LogP) is 1.53. The summed E-state index contributed by atoms with van der Waals surface area (Å²) in [7, 11) is 0. The lowest BCUT2D eigenvalue weighted by molar-refractivity contribution is -0.214. The van der Waals surface area contributed by atoms with E-state index in [9.17, 15) is 19.8 Å². The Morgan fingerprint density at radius 3 is 2.55 bits per heavy atom. The molecule has 0 aromatic heterocycles. The third-order valence-corrected chi connectivity index (χ3v) is 5.43. The van der Waals surface area contributed by atoms with Crippen molar-refractivity contribution in [1.82, 2.24) is 0 Å². The van der Waals surface area contributed by atoms with Gasteiger partial charge in [-0.1, -0.05) is 12.2 Å². The Balaban J connectivity index is 2.57. The van der Waals surface area contributed by atoms with Gasteiger partial charge in [0.1, 0.15) is 0 Å². The van der Waals surface area contributed by atoms with Gasteiger partial charge in [-0.2, -0.15) is 0 Å². The summed E-state index contributed by atoms with van der Waals surface area (Å²) < 4.78 is 5.18. The van der Waals surface area contributed by atoms with Gasteiger partial charge in [0.25, 0.3) is 0 Å². The fourth-order valence-corrected chi connectivity index (χ4v) is 3.85. The van der Waals surface area contributed by atoms with Gasteiger partial charge in [-0.15, -0.1) is 0 Å². The summed E-state index contributed by atoms with van der Waals surface area (Å²) in [6.45, 7) is 10.3. The lowest BCUT2D eigenvalue weighted by Crippen LogP contribution is -2.68. The molecule has 1 fully saturated rings. The van der Waals surface area contributed by atoms with Crippen LogP contribution in [0.1, 0.15) is 40.5 Å². The molecule has 2 aliphatic rings. The van der Waals surface area contributed by atoms with Crippen LogP contribution in [0.5, 0.6) is 0 Å². The number of rotatable bonds is 2. The summed E-state index contributed by atoms with van der Waals surface area (Å²) in [6, 6.07) is 0. The minimum Gasteiger partial charge on any atom is -0.453 e. The minimum atomic E-state index is -1.41. The third-order valence-electron chi connectivity index (χ3n) is 5.43. The molecule has 2 rings (SSSR count). The Bertz CT molecular complexity index is 563. The van der Waals surface area contributed by atoms with Gasteiger partial charge >= 0.3 is 5.97 Å². The number of ether oxygens (including phenoxy) is 1. The fraction of sp³-hybridized carbons (Fsp3) is 0.647. The highest BCUT2D eigenvalue weighted by Crippen LogP contribution is 2.55. The average molecular weight is 308 g/mol. The second kappa shape index (κ2) is 5.32. The average Bonchev–Trinajstić information content (AvgIpc) is 2.39. The van der Waals surface area contributed by atoms with Crippen LogP contribution in [-0.4, -0.2) is 39.8 Å². The SMILES string of the molecule is C=C(C)[C@@H]1C[C@@H](O)[C@]2(C)[C@@H](OC(C)=O)C(=O)C=C(C)[C@@]2(O)C1. The summed E-state index contributed by atoms with van der Waals surface area (Å²) in [6.07, 6.45) is -0.108. The van der Waals surface area contributed by atoms with Crippen LogP contribution < -0.4 is 0 Å². The van der Waals surface area contributed by atoms with E-state index in [1.54, 1.807) is 13.8 Å². The molecular formula is C17H24O5. The van der Waals surface area contributed by atoms with Crippen molar-refractivity contribution >= 4 is 11.8 Å². The van der Waals surface area contributed by atoms with Gasteiger partial charge in [0.2, 0.25) is 0 Å².